The number of anilines is 1. The second kappa shape index (κ2) is 8.62. The fourth-order valence-electron chi connectivity index (χ4n) is 2.75. The van der Waals surface area contributed by atoms with Crippen molar-refractivity contribution in [1.82, 2.24) is 9.97 Å². The van der Waals surface area contributed by atoms with Gasteiger partial charge in [-0.3, -0.25) is 14.8 Å². The Morgan fingerprint density at radius 3 is 2.50 bits per heavy atom. The Morgan fingerprint density at radius 1 is 1.07 bits per heavy atom. The summed E-state index contributed by atoms with van der Waals surface area (Å²) in [5, 5.41) is 2.69. The molecule has 0 spiro atoms. The molecule has 30 heavy (non-hydrogen) atoms. The lowest BCUT2D eigenvalue weighted by Gasteiger charge is -2.21. The van der Waals surface area contributed by atoms with Gasteiger partial charge in [0.25, 0.3) is 5.91 Å². The SMILES string of the molecule is Cc1ncccc1Oc1cc(C(C)(C)C)ccc1C(=O)Nc1cncc([SH](=O)=O)c1. The smallest absolute Gasteiger partial charge is 0.259 e. The van der Waals surface area contributed by atoms with E-state index in [1.54, 1.807) is 24.4 Å². The highest BCUT2D eigenvalue weighted by Gasteiger charge is 2.20. The molecule has 2 aromatic heterocycles. The summed E-state index contributed by atoms with van der Waals surface area (Å²) in [5.74, 6) is 0.492. The monoisotopic (exact) mass is 425 g/mol. The van der Waals surface area contributed by atoms with Crippen LogP contribution in [0.3, 0.4) is 0 Å². The zero-order chi connectivity index (χ0) is 21.9. The highest BCUT2D eigenvalue weighted by molar-refractivity contribution is 7.72. The Hall–Kier alpha value is -3.26. The van der Waals surface area contributed by atoms with E-state index in [-0.39, 0.29) is 16.0 Å². The molecule has 8 heteroatoms. The van der Waals surface area contributed by atoms with E-state index in [1.807, 2.05) is 19.1 Å². The first-order valence-electron chi connectivity index (χ1n) is 9.30. The predicted octanol–water partition coefficient (Wildman–Crippen LogP) is 4.10. The lowest BCUT2D eigenvalue weighted by atomic mass is 9.86. The van der Waals surface area contributed by atoms with E-state index in [4.69, 9.17) is 4.74 Å². The number of amides is 1. The molecule has 0 saturated heterocycles. The van der Waals surface area contributed by atoms with Gasteiger partial charge in [0.15, 0.2) is 10.7 Å². The van der Waals surface area contributed by atoms with Crippen molar-refractivity contribution in [2.45, 2.75) is 38.0 Å². The van der Waals surface area contributed by atoms with E-state index in [0.29, 0.717) is 22.8 Å². The summed E-state index contributed by atoms with van der Waals surface area (Å²) in [4.78, 5) is 21.1. The maximum atomic E-state index is 13.0. The van der Waals surface area contributed by atoms with Crippen molar-refractivity contribution in [3.63, 3.8) is 0 Å². The second-order valence-electron chi connectivity index (χ2n) is 7.79. The molecule has 0 aliphatic rings. The minimum absolute atomic E-state index is 0.0216. The van der Waals surface area contributed by atoms with Gasteiger partial charge in [0.05, 0.1) is 28.0 Å². The third-order valence-corrected chi connectivity index (χ3v) is 5.13. The van der Waals surface area contributed by atoms with Crippen molar-refractivity contribution >= 4 is 22.3 Å². The summed E-state index contributed by atoms with van der Waals surface area (Å²) in [7, 11) is -2.80. The van der Waals surface area contributed by atoms with Crippen LogP contribution in [0.15, 0.2) is 59.9 Å². The first-order chi connectivity index (χ1) is 14.1. The molecule has 0 unspecified atom stereocenters. The number of hydrogen-bond donors (Lipinski definition) is 2. The Morgan fingerprint density at radius 2 is 1.83 bits per heavy atom. The average molecular weight is 426 g/mol. The van der Waals surface area contributed by atoms with Gasteiger partial charge in [-0.15, -0.1) is 0 Å². The molecule has 1 aromatic carbocycles. The molecule has 0 aliphatic heterocycles. The molecule has 0 saturated carbocycles. The molecular formula is C22H23N3O4S. The molecule has 7 nitrogen and oxygen atoms in total. The number of ether oxygens (including phenoxy) is 1. The minimum atomic E-state index is -2.80. The van der Waals surface area contributed by atoms with Crippen molar-refractivity contribution < 1.29 is 17.9 Å². The largest absolute Gasteiger partial charge is 0.455 e. The number of carbonyl (C=O) groups excluding carboxylic acids is 1. The lowest BCUT2D eigenvalue weighted by molar-refractivity contribution is 0.102. The predicted molar refractivity (Wildman–Crippen MR) is 115 cm³/mol. The van der Waals surface area contributed by atoms with E-state index in [2.05, 4.69) is 36.1 Å². The van der Waals surface area contributed by atoms with Crippen LogP contribution in [0.4, 0.5) is 5.69 Å². The molecule has 3 rings (SSSR count). The molecular weight excluding hydrogens is 402 g/mol. The Kier molecular flexibility index (Phi) is 6.17. The van der Waals surface area contributed by atoms with Crippen LogP contribution in [0.25, 0.3) is 0 Å². The van der Waals surface area contributed by atoms with Crippen LogP contribution in [0, 0.1) is 6.92 Å². The molecule has 1 amide bonds. The Bertz CT molecular complexity index is 1160. The third kappa shape index (κ3) is 5.01. The fraction of sp³-hybridized carbons (Fsp3) is 0.227. The molecule has 0 fully saturated rings. The molecule has 156 valence electrons. The summed E-state index contributed by atoms with van der Waals surface area (Å²) < 4.78 is 28.4. The maximum absolute atomic E-state index is 13.0. The van der Waals surface area contributed by atoms with Gasteiger partial charge in [0.2, 0.25) is 0 Å². The number of rotatable bonds is 5. The molecule has 3 aromatic rings. The van der Waals surface area contributed by atoms with Gasteiger partial charge in [-0.2, -0.15) is 0 Å². The normalized spacial score (nSPS) is 11.4. The number of nitrogens with zero attached hydrogens (tertiary/aromatic N) is 2. The van der Waals surface area contributed by atoms with Crippen LogP contribution in [0.1, 0.15) is 42.4 Å². The van der Waals surface area contributed by atoms with Crippen LogP contribution in [-0.2, 0) is 16.1 Å². The van der Waals surface area contributed by atoms with E-state index in [9.17, 15) is 13.2 Å². The first-order valence-corrected chi connectivity index (χ1v) is 10.5. The number of aryl methyl sites for hydroxylation is 1. The van der Waals surface area contributed by atoms with Gasteiger partial charge in [-0.1, -0.05) is 26.8 Å². The molecule has 0 bridgehead atoms. The molecule has 2 heterocycles. The van der Waals surface area contributed by atoms with Crippen molar-refractivity contribution in [3.8, 4) is 11.5 Å². The molecule has 1 N–H and O–H groups in total. The van der Waals surface area contributed by atoms with Gasteiger partial charge in [0.1, 0.15) is 11.5 Å². The van der Waals surface area contributed by atoms with Crippen LogP contribution in [0.5, 0.6) is 11.5 Å². The van der Waals surface area contributed by atoms with Crippen molar-refractivity contribution in [2.75, 3.05) is 5.32 Å². The van der Waals surface area contributed by atoms with Crippen molar-refractivity contribution in [2.24, 2.45) is 0 Å². The van der Waals surface area contributed by atoms with Gasteiger partial charge in [0, 0.05) is 12.4 Å². The second-order valence-corrected chi connectivity index (χ2v) is 8.82. The van der Waals surface area contributed by atoms with Crippen molar-refractivity contribution in [3.05, 3.63) is 71.8 Å². The van der Waals surface area contributed by atoms with E-state index >= 15 is 0 Å². The quantitative estimate of drug-likeness (QED) is 0.597. The highest BCUT2D eigenvalue weighted by atomic mass is 32.2. The summed E-state index contributed by atoms with van der Waals surface area (Å²) in [5.41, 5.74) is 2.14. The first kappa shape index (κ1) is 21.4. The summed E-state index contributed by atoms with van der Waals surface area (Å²) in [6.07, 6.45) is 4.27. The average Bonchev–Trinajstić information content (AvgIpc) is 2.69. The van der Waals surface area contributed by atoms with Gasteiger partial charge >= 0.3 is 0 Å². The third-order valence-electron chi connectivity index (χ3n) is 4.46. The van der Waals surface area contributed by atoms with Gasteiger partial charge in [-0.05, 0) is 48.2 Å². The number of aromatic nitrogens is 2. The summed E-state index contributed by atoms with van der Waals surface area (Å²) >= 11 is 0. The standard InChI is InChI=1S/C22H23N3O4S/c1-14-19(6-5-9-24-14)29-20-10-15(22(2,3)4)7-8-18(20)21(26)25-16-11-17(30(27)28)13-23-12-16/h5-13,30H,1-4H3,(H,25,26). The molecule has 0 radical (unpaired) electrons. The van der Waals surface area contributed by atoms with Crippen LogP contribution in [0.2, 0.25) is 0 Å². The lowest BCUT2D eigenvalue weighted by Crippen LogP contribution is -2.16. The van der Waals surface area contributed by atoms with E-state index in [1.165, 1.54) is 18.5 Å². The highest BCUT2D eigenvalue weighted by Crippen LogP contribution is 2.33. The van der Waals surface area contributed by atoms with Crippen LogP contribution in [-0.4, -0.2) is 24.3 Å². The van der Waals surface area contributed by atoms with Crippen molar-refractivity contribution in [1.29, 1.82) is 0 Å². The maximum Gasteiger partial charge on any atom is 0.259 e. The zero-order valence-corrected chi connectivity index (χ0v) is 18.1. The number of benzene rings is 1. The number of thiol groups is 1. The Labute approximate surface area is 177 Å². The van der Waals surface area contributed by atoms with E-state index < -0.39 is 16.6 Å². The Balaban J connectivity index is 1.99. The topological polar surface area (TPSA) is 98.2 Å². The van der Waals surface area contributed by atoms with E-state index in [0.717, 1.165) is 5.56 Å². The minimum Gasteiger partial charge on any atom is -0.455 e. The zero-order valence-electron chi connectivity index (χ0n) is 17.2. The van der Waals surface area contributed by atoms with Crippen LogP contribution >= 0.6 is 0 Å². The number of carbonyl (C=O) groups is 1. The van der Waals surface area contributed by atoms with Crippen LogP contribution < -0.4 is 10.1 Å². The van der Waals surface area contributed by atoms with Gasteiger partial charge < -0.3 is 10.1 Å². The number of nitrogens with one attached hydrogen (secondary N) is 1. The van der Waals surface area contributed by atoms with Gasteiger partial charge in [-0.25, -0.2) is 8.42 Å². The number of pyridine rings is 2. The summed E-state index contributed by atoms with van der Waals surface area (Å²) in [6, 6.07) is 10.3. The summed E-state index contributed by atoms with van der Waals surface area (Å²) in [6.45, 7) is 8.04. The number of hydrogen-bond acceptors (Lipinski definition) is 6. The molecule has 0 aliphatic carbocycles. The molecule has 0 atom stereocenters. The fourth-order valence-corrected chi connectivity index (χ4v) is 3.16.